The third-order valence-corrected chi connectivity index (χ3v) is 5.75. The summed E-state index contributed by atoms with van der Waals surface area (Å²) in [5.74, 6) is 1.76. The van der Waals surface area contributed by atoms with Crippen LogP contribution in [0.25, 0.3) is 0 Å². The van der Waals surface area contributed by atoms with Gasteiger partial charge in [0.15, 0.2) is 0 Å². The Balaban J connectivity index is 0.000000254. The molecule has 1 heterocycles. The Morgan fingerprint density at radius 2 is 1.74 bits per heavy atom. The van der Waals surface area contributed by atoms with Crippen LogP contribution in [-0.4, -0.2) is 16.5 Å². The fourth-order valence-electron chi connectivity index (χ4n) is 2.92. The summed E-state index contributed by atoms with van der Waals surface area (Å²) in [7, 11) is 0. The number of carbonyl (C=O) groups excluding carboxylic acids is 1. The minimum Gasteiger partial charge on any atom is -0.300 e. The monoisotopic (exact) mass is 442 g/mol. The van der Waals surface area contributed by atoms with E-state index in [2.05, 4.69) is 42.9 Å². The second-order valence-corrected chi connectivity index (χ2v) is 8.77. The van der Waals surface area contributed by atoms with E-state index < -0.39 is 0 Å². The molecule has 0 bridgehead atoms. The zero-order valence-electron chi connectivity index (χ0n) is 20.1. The highest BCUT2D eigenvalue weighted by Gasteiger charge is 2.09. The van der Waals surface area contributed by atoms with Crippen molar-refractivity contribution in [3.8, 4) is 0 Å². The summed E-state index contributed by atoms with van der Waals surface area (Å²) in [5.41, 5.74) is 4.14. The average Bonchev–Trinajstić information content (AvgIpc) is 2.75. The molecule has 0 spiro atoms. The van der Waals surface area contributed by atoms with Crippen LogP contribution in [-0.2, 0) is 4.79 Å². The molecule has 0 aliphatic heterocycles. The third-order valence-electron chi connectivity index (χ3n) is 5.54. The molecule has 1 saturated carbocycles. The van der Waals surface area contributed by atoms with E-state index in [1.807, 2.05) is 45.0 Å². The van der Waals surface area contributed by atoms with E-state index in [0.717, 1.165) is 29.4 Å². The van der Waals surface area contributed by atoms with E-state index in [9.17, 15) is 4.79 Å². The first-order valence-electron chi connectivity index (χ1n) is 11.5. The van der Waals surface area contributed by atoms with Gasteiger partial charge in [-0.25, -0.2) is 4.98 Å². The lowest BCUT2D eigenvalue weighted by Crippen LogP contribution is -2.04. The number of aromatic nitrogens is 1. The molecule has 3 rings (SSSR count). The first-order valence-corrected chi connectivity index (χ1v) is 11.9. The number of nitrogens with zero attached hydrogens (tertiary/aromatic N) is 2. The van der Waals surface area contributed by atoms with Crippen LogP contribution in [0.4, 0.5) is 5.69 Å². The zero-order chi connectivity index (χ0) is 23.2. The molecule has 2 aromatic rings. The molecule has 1 fully saturated rings. The highest BCUT2D eigenvalue weighted by molar-refractivity contribution is 6.29. The maximum atomic E-state index is 11.2. The van der Waals surface area contributed by atoms with E-state index >= 15 is 0 Å². The molecule has 31 heavy (non-hydrogen) atoms. The number of benzene rings is 1. The summed E-state index contributed by atoms with van der Waals surface area (Å²) >= 11 is 5.73. The van der Waals surface area contributed by atoms with Crippen LogP contribution < -0.4 is 0 Å². The fourth-order valence-corrected chi connectivity index (χ4v) is 3.11. The van der Waals surface area contributed by atoms with Gasteiger partial charge in [0.2, 0.25) is 0 Å². The Kier molecular flexibility index (Phi) is 13.0. The predicted octanol–water partition coefficient (Wildman–Crippen LogP) is 8.51. The zero-order valence-corrected chi connectivity index (χ0v) is 20.9. The minimum absolute atomic E-state index is 0.344. The standard InChI is InChI=1S/C12H16O.C10H13ClN2.C5H10/c1-3-12(13)9-10(2)11-7-5-4-6-8-11;1-4-7(2)12-9-5-6-10(11)13-8(9)3;1-5-3-2-4-5/h4-8,10H,3,9H2,1-2H3;5-6H,4H2,1-3H3;5H,2-4H2,1H3. The van der Waals surface area contributed by atoms with E-state index in [-0.39, 0.29) is 0 Å². The summed E-state index contributed by atoms with van der Waals surface area (Å²) < 4.78 is 0. The molecule has 1 aliphatic rings. The normalized spacial score (nSPS) is 14.4. The van der Waals surface area contributed by atoms with Crippen molar-refractivity contribution >= 4 is 28.8 Å². The molecule has 0 amide bonds. The van der Waals surface area contributed by atoms with Gasteiger partial charge in [-0.3, -0.25) is 9.79 Å². The fraction of sp³-hybridized carbons (Fsp3) is 0.519. The summed E-state index contributed by atoms with van der Waals surface area (Å²) in [6, 6.07) is 13.8. The van der Waals surface area contributed by atoms with E-state index in [1.54, 1.807) is 6.07 Å². The van der Waals surface area contributed by atoms with Crippen molar-refractivity contribution in [2.45, 2.75) is 86.0 Å². The number of halogens is 1. The minimum atomic E-state index is 0.344. The van der Waals surface area contributed by atoms with Gasteiger partial charge in [-0.1, -0.05) is 88.9 Å². The predicted molar refractivity (Wildman–Crippen MR) is 135 cm³/mol. The van der Waals surface area contributed by atoms with Gasteiger partial charge >= 0.3 is 0 Å². The van der Waals surface area contributed by atoms with Gasteiger partial charge in [0.1, 0.15) is 10.9 Å². The summed E-state index contributed by atoms with van der Waals surface area (Å²) in [5, 5.41) is 0.519. The Hall–Kier alpha value is -2.00. The lowest BCUT2D eigenvalue weighted by molar-refractivity contribution is -0.119. The number of hydrogen-bond donors (Lipinski definition) is 0. The topological polar surface area (TPSA) is 42.3 Å². The van der Waals surface area contributed by atoms with Crippen molar-refractivity contribution in [1.29, 1.82) is 0 Å². The first-order chi connectivity index (χ1) is 14.8. The van der Waals surface area contributed by atoms with Gasteiger partial charge in [0, 0.05) is 18.6 Å². The van der Waals surface area contributed by atoms with Crippen LogP contribution >= 0.6 is 11.6 Å². The highest BCUT2D eigenvalue weighted by Crippen LogP contribution is 2.24. The number of hydrogen-bond acceptors (Lipinski definition) is 3. The second-order valence-electron chi connectivity index (χ2n) is 8.38. The molecular weight excluding hydrogens is 404 g/mol. The molecule has 1 aromatic carbocycles. The SMILES string of the molecule is CC1CCC1.CCC(=O)CC(C)c1ccccc1.CCC(C)=Nc1ccc(Cl)nc1C. The van der Waals surface area contributed by atoms with E-state index in [1.165, 1.54) is 24.8 Å². The molecule has 1 atom stereocenters. The Morgan fingerprint density at radius 3 is 2.19 bits per heavy atom. The molecule has 3 nitrogen and oxygen atoms in total. The van der Waals surface area contributed by atoms with Crippen LogP contribution in [0, 0.1) is 12.8 Å². The third kappa shape index (κ3) is 11.3. The summed E-state index contributed by atoms with van der Waals surface area (Å²) in [4.78, 5) is 19.7. The van der Waals surface area contributed by atoms with Gasteiger partial charge in [0.25, 0.3) is 0 Å². The molecule has 1 aromatic heterocycles. The number of pyridine rings is 1. The van der Waals surface area contributed by atoms with Crippen LogP contribution in [0.2, 0.25) is 5.15 Å². The van der Waals surface area contributed by atoms with Gasteiger partial charge in [-0.05, 0) is 49.8 Å². The van der Waals surface area contributed by atoms with Crippen molar-refractivity contribution < 1.29 is 4.79 Å². The molecule has 1 aliphatic carbocycles. The Bertz CT molecular complexity index is 813. The molecular formula is C27H39ClN2O. The first kappa shape index (κ1) is 27.0. The smallest absolute Gasteiger partial charge is 0.133 e. The van der Waals surface area contributed by atoms with Crippen LogP contribution in [0.1, 0.15) is 90.3 Å². The summed E-state index contributed by atoms with van der Waals surface area (Å²) in [6.07, 6.45) is 6.74. The van der Waals surface area contributed by atoms with Crippen molar-refractivity contribution in [3.63, 3.8) is 0 Å². The molecule has 170 valence electrons. The molecule has 0 N–H and O–H groups in total. The number of ketones is 1. The van der Waals surface area contributed by atoms with Crippen molar-refractivity contribution in [3.05, 3.63) is 58.9 Å². The van der Waals surface area contributed by atoms with Crippen LogP contribution in [0.5, 0.6) is 0 Å². The van der Waals surface area contributed by atoms with Gasteiger partial charge < -0.3 is 0 Å². The van der Waals surface area contributed by atoms with Gasteiger partial charge in [-0.15, -0.1) is 0 Å². The molecule has 4 heteroatoms. The molecule has 0 radical (unpaired) electrons. The highest BCUT2D eigenvalue weighted by atomic mass is 35.5. The number of rotatable bonds is 6. The van der Waals surface area contributed by atoms with Crippen LogP contribution in [0.3, 0.4) is 0 Å². The van der Waals surface area contributed by atoms with Gasteiger partial charge in [-0.2, -0.15) is 0 Å². The Labute approximate surface area is 194 Å². The lowest BCUT2D eigenvalue weighted by atomic mass is 9.88. The van der Waals surface area contributed by atoms with Gasteiger partial charge in [0.05, 0.1) is 11.4 Å². The lowest BCUT2D eigenvalue weighted by Gasteiger charge is -2.18. The van der Waals surface area contributed by atoms with E-state index in [4.69, 9.17) is 11.6 Å². The molecule has 1 unspecified atom stereocenters. The average molecular weight is 443 g/mol. The number of carbonyl (C=O) groups is 1. The second kappa shape index (κ2) is 14.9. The van der Waals surface area contributed by atoms with E-state index in [0.29, 0.717) is 29.7 Å². The van der Waals surface area contributed by atoms with Crippen molar-refractivity contribution in [2.75, 3.05) is 0 Å². The van der Waals surface area contributed by atoms with Crippen molar-refractivity contribution in [1.82, 2.24) is 4.98 Å². The summed E-state index contributed by atoms with van der Waals surface area (Å²) in [6.45, 7) is 12.3. The number of aryl methyl sites for hydroxylation is 1. The van der Waals surface area contributed by atoms with Crippen LogP contribution in [0.15, 0.2) is 47.5 Å². The number of Topliss-reactive ketones (excluding diaryl/α,β-unsaturated/α-hetero) is 1. The maximum Gasteiger partial charge on any atom is 0.133 e. The maximum absolute atomic E-state index is 11.2. The molecule has 0 saturated heterocycles. The largest absolute Gasteiger partial charge is 0.300 e. The number of aliphatic imine (C=N–C) groups is 1. The Morgan fingerprint density at radius 1 is 1.13 bits per heavy atom. The quantitative estimate of drug-likeness (QED) is 0.332. The van der Waals surface area contributed by atoms with Crippen molar-refractivity contribution in [2.24, 2.45) is 10.9 Å².